The molecule has 1 aromatic rings. The Morgan fingerprint density at radius 2 is 2.06 bits per heavy atom. The lowest BCUT2D eigenvalue weighted by atomic mass is 9.91. The molecule has 1 aliphatic rings. The highest BCUT2D eigenvalue weighted by atomic mass is 16.5. The molecular weight excluding hydrogens is 196 g/mol. The summed E-state index contributed by atoms with van der Waals surface area (Å²) >= 11 is 0. The van der Waals surface area contributed by atoms with Gasteiger partial charge in [-0.3, -0.25) is 0 Å². The Morgan fingerprint density at radius 3 is 2.69 bits per heavy atom. The minimum Gasteiger partial charge on any atom is -0.378 e. The summed E-state index contributed by atoms with van der Waals surface area (Å²) in [5.74, 6) is 0.698. The average molecular weight is 216 g/mol. The van der Waals surface area contributed by atoms with E-state index >= 15 is 0 Å². The topological polar surface area (TPSA) is 9.23 Å². The molecule has 1 nitrogen and oxygen atoms in total. The zero-order chi connectivity index (χ0) is 11.2. The van der Waals surface area contributed by atoms with E-state index in [1.807, 2.05) is 6.08 Å². The molecule has 86 valence electrons. The van der Waals surface area contributed by atoms with Crippen LogP contribution in [0.4, 0.5) is 0 Å². The highest BCUT2D eigenvalue weighted by molar-refractivity contribution is 5.15. The molecule has 0 aliphatic carbocycles. The molecule has 0 saturated carbocycles. The van der Waals surface area contributed by atoms with Gasteiger partial charge < -0.3 is 4.74 Å². The molecule has 0 aromatic heterocycles. The summed E-state index contributed by atoms with van der Waals surface area (Å²) in [6, 6.07) is 10.7. The van der Waals surface area contributed by atoms with Crippen LogP contribution in [0.15, 0.2) is 43.0 Å². The summed E-state index contributed by atoms with van der Waals surface area (Å²) in [4.78, 5) is 0. The quantitative estimate of drug-likeness (QED) is 0.699. The molecule has 0 radical (unpaired) electrons. The Morgan fingerprint density at radius 1 is 1.25 bits per heavy atom. The third-order valence-corrected chi connectivity index (χ3v) is 3.26. The molecule has 1 aromatic carbocycles. The molecule has 16 heavy (non-hydrogen) atoms. The third-order valence-electron chi connectivity index (χ3n) is 3.26. The molecule has 1 fully saturated rings. The molecule has 2 atom stereocenters. The maximum atomic E-state index is 5.83. The van der Waals surface area contributed by atoms with Crippen molar-refractivity contribution < 1.29 is 4.74 Å². The van der Waals surface area contributed by atoms with Crippen LogP contribution >= 0.6 is 0 Å². The van der Waals surface area contributed by atoms with E-state index < -0.39 is 0 Å². The van der Waals surface area contributed by atoms with Crippen LogP contribution in [-0.2, 0) is 11.2 Å². The fourth-order valence-electron chi connectivity index (χ4n) is 2.34. The van der Waals surface area contributed by atoms with Gasteiger partial charge in [0.15, 0.2) is 0 Å². The van der Waals surface area contributed by atoms with E-state index in [9.17, 15) is 0 Å². The van der Waals surface area contributed by atoms with Gasteiger partial charge in [-0.05, 0) is 37.2 Å². The first-order valence-electron chi connectivity index (χ1n) is 6.15. The van der Waals surface area contributed by atoms with Gasteiger partial charge in [-0.2, -0.15) is 0 Å². The second kappa shape index (κ2) is 5.86. The molecule has 2 rings (SSSR count). The molecule has 1 aliphatic heterocycles. The number of ether oxygens (including phenoxy) is 1. The van der Waals surface area contributed by atoms with E-state index in [1.54, 1.807) is 0 Å². The van der Waals surface area contributed by atoms with Gasteiger partial charge in [0, 0.05) is 0 Å². The Labute approximate surface area is 98.1 Å². The second-order valence-corrected chi connectivity index (χ2v) is 4.61. The van der Waals surface area contributed by atoms with E-state index in [2.05, 4.69) is 36.9 Å². The van der Waals surface area contributed by atoms with Crippen molar-refractivity contribution in [2.24, 2.45) is 5.92 Å². The van der Waals surface area contributed by atoms with Gasteiger partial charge in [-0.25, -0.2) is 0 Å². The van der Waals surface area contributed by atoms with Crippen LogP contribution in [0.2, 0.25) is 0 Å². The van der Waals surface area contributed by atoms with E-state index in [0.29, 0.717) is 12.0 Å². The van der Waals surface area contributed by atoms with Crippen LogP contribution in [0.5, 0.6) is 0 Å². The van der Waals surface area contributed by atoms with Crippen molar-refractivity contribution in [1.82, 2.24) is 0 Å². The predicted molar refractivity (Wildman–Crippen MR) is 67.4 cm³/mol. The maximum absolute atomic E-state index is 5.83. The Hall–Kier alpha value is -1.08. The van der Waals surface area contributed by atoms with Crippen LogP contribution in [0.25, 0.3) is 0 Å². The molecular formula is C15H20O. The van der Waals surface area contributed by atoms with E-state index in [-0.39, 0.29) is 0 Å². The molecule has 1 saturated heterocycles. The van der Waals surface area contributed by atoms with Gasteiger partial charge in [0.25, 0.3) is 0 Å². The highest BCUT2D eigenvalue weighted by Gasteiger charge is 2.20. The van der Waals surface area contributed by atoms with Crippen LogP contribution in [-0.4, -0.2) is 12.7 Å². The number of hydrogen-bond acceptors (Lipinski definition) is 1. The van der Waals surface area contributed by atoms with Gasteiger partial charge in [-0.1, -0.05) is 36.4 Å². The number of benzene rings is 1. The number of rotatable bonds is 4. The minimum atomic E-state index is 0.421. The zero-order valence-electron chi connectivity index (χ0n) is 9.77. The van der Waals surface area contributed by atoms with Crippen LogP contribution in [0.1, 0.15) is 24.8 Å². The summed E-state index contributed by atoms with van der Waals surface area (Å²) in [6.45, 7) is 4.67. The normalized spacial score (nSPS) is 25.2. The van der Waals surface area contributed by atoms with Gasteiger partial charge in [0.05, 0.1) is 12.7 Å². The summed E-state index contributed by atoms with van der Waals surface area (Å²) < 4.78 is 5.83. The predicted octanol–water partition coefficient (Wildman–Crippen LogP) is 3.60. The highest BCUT2D eigenvalue weighted by Crippen LogP contribution is 2.24. The smallest absolute Gasteiger partial charge is 0.0609 e. The molecule has 0 unspecified atom stereocenters. The van der Waals surface area contributed by atoms with Crippen molar-refractivity contribution in [2.45, 2.75) is 31.8 Å². The van der Waals surface area contributed by atoms with Crippen LogP contribution in [0, 0.1) is 5.92 Å². The third kappa shape index (κ3) is 3.21. The van der Waals surface area contributed by atoms with Crippen LogP contribution < -0.4 is 0 Å². The van der Waals surface area contributed by atoms with Crippen molar-refractivity contribution in [3.63, 3.8) is 0 Å². The van der Waals surface area contributed by atoms with Crippen molar-refractivity contribution in [3.05, 3.63) is 48.6 Å². The Bertz CT molecular complexity index is 309. The van der Waals surface area contributed by atoms with Gasteiger partial charge in [0.1, 0.15) is 0 Å². The summed E-state index contributed by atoms with van der Waals surface area (Å²) in [7, 11) is 0. The standard InChI is InChI=1S/C15H20O/c1-2-6-15-10-9-14(12-16-15)11-13-7-4-3-5-8-13/h2-5,7-8,14-15H,1,6,9-12H2/t14-,15+/m1/s1. The average Bonchev–Trinajstić information content (AvgIpc) is 2.33. The fourth-order valence-corrected chi connectivity index (χ4v) is 2.34. The first kappa shape index (κ1) is 11.4. The van der Waals surface area contributed by atoms with Crippen molar-refractivity contribution in [2.75, 3.05) is 6.61 Å². The molecule has 0 bridgehead atoms. The summed E-state index contributed by atoms with van der Waals surface area (Å²) in [5.41, 5.74) is 1.43. The molecule has 1 heterocycles. The number of hydrogen-bond donors (Lipinski definition) is 0. The van der Waals surface area contributed by atoms with Gasteiger partial charge in [-0.15, -0.1) is 6.58 Å². The first-order valence-corrected chi connectivity index (χ1v) is 6.15. The monoisotopic (exact) mass is 216 g/mol. The van der Waals surface area contributed by atoms with E-state index in [1.165, 1.54) is 18.4 Å². The van der Waals surface area contributed by atoms with Crippen LogP contribution in [0.3, 0.4) is 0 Å². The van der Waals surface area contributed by atoms with Crippen molar-refractivity contribution >= 4 is 0 Å². The minimum absolute atomic E-state index is 0.421. The fraction of sp³-hybridized carbons (Fsp3) is 0.467. The lowest BCUT2D eigenvalue weighted by Gasteiger charge is -2.28. The van der Waals surface area contributed by atoms with E-state index in [0.717, 1.165) is 19.4 Å². The molecule has 0 N–H and O–H groups in total. The summed E-state index contributed by atoms with van der Waals surface area (Å²) in [6.07, 6.45) is 7.00. The van der Waals surface area contributed by atoms with Crippen molar-refractivity contribution in [1.29, 1.82) is 0 Å². The zero-order valence-corrected chi connectivity index (χ0v) is 9.77. The second-order valence-electron chi connectivity index (χ2n) is 4.61. The molecule has 1 heteroatoms. The molecule has 0 amide bonds. The largest absolute Gasteiger partial charge is 0.378 e. The molecule has 0 spiro atoms. The van der Waals surface area contributed by atoms with Gasteiger partial charge in [0.2, 0.25) is 0 Å². The SMILES string of the molecule is C=CC[C@H]1CC[C@H](Cc2ccccc2)CO1. The Balaban J connectivity index is 1.79. The first-order chi connectivity index (χ1) is 7.88. The lowest BCUT2D eigenvalue weighted by molar-refractivity contribution is -0.0133. The maximum Gasteiger partial charge on any atom is 0.0609 e. The Kier molecular flexibility index (Phi) is 4.17. The van der Waals surface area contributed by atoms with Crippen molar-refractivity contribution in [3.8, 4) is 0 Å². The van der Waals surface area contributed by atoms with Gasteiger partial charge >= 0.3 is 0 Å². The lowest BCUT2D eigenvalue weighted by Crippen LogP contribution is -2.26. The summed E-state index contributed by atoms with van der Waals surface area (Å²) in [5, 5.41) is 0. The van der Waals surface area contributed by atoms with E-state index in [4.69, 9.17) is 4.74 Å².